The first-order valence-corrected chi connectivity index (χ1v) is 12.1. The molecule has 2 aromatic carbocycles. The summed E-state index contributed by atoms with van der Waals surface area (Å²) in [4.78, 5) is 16.9. The van der Waals surface area contributed by atoms with Gasteiger partial charge in [-0.05, 0) is 66.4 Å². The molecular weight excluding hydrogens is 446 g/mol. The van der Waals surface area contributed by atoms with Crippen molar-refractivity contribution in [1.29, 1.82) is 0 Å². The van der Waals surface area contributed by atoms with Gasteiger partial charge in [-0.2, -0.15) is 0 Å². The van der Waals surface area contributed by atoms with Crippen LogP contribution >= 0.6 is 11.8 Å². The monoisotopic (exact) mass is 473 g/mol. The first kappa shape index (κ1) is 23.5. The maximum absolute atomic E-state index is 12.7. The fraction of sp³-hybridized carbons (Fsp3) is 0.231. The van der Waals surface area contributed by atoms with E-state index in [4.69, 9.17) is 4.74 Å². The lowest BCUT2D eigenvalue weighted by Gasteiger charge is -2.12. The molecule has 4 rings (SSSR count). The molecule has 1 amide bonds. The summed E-state index contributed by atoms with van der Waals surface area (Å²) in [6, 6.07) is 19.5. The minimum atomic E-state index is -0.103. The molecule has 8 heteroatoms. The van der Waals surface area contributed by atoms with E-state index in [-0.39, 0.29) is 11.7 Å². The molecule has 0 fully saturated rings. The Hall–Kier alpha value is -3.65. The topological polar surface area (TPSA) is 81.9 Å². The summed E-state index contributed by atoms with van der Waals surface area (Å²) in [7, 11) is 1.63. The largest absolute Gasteiger partial charge is 0.497 e. The quantitative estimate of drug-likeness (QED) is 0.320. The SMILES string of the molecule is CCC(C)c1ccc(NC(=O)CSc2nnc(-c3cccnc3)n2-c2ccc(OC)cc2)cc1. The summed E-state index contributed by atoms with van der Waals surface area (Å²) in [5, 5.41) is 12.3. The van der Waals surface area contributed by atoms with Crippen molar-refractivity contribution in [1.82, 2.24) is 19.7 Å². The number of carbonyl (C=O) groups excluding carboxylic acids is 1. The molecule has 174 valence electrons. The summed E-state index contributed by atoms with van der Waals surface area (Å²) in [5.41, 5.74) is 3.76. The van der Waals surface area contributed by atoms with Gasteiger partial charge in [0.15, 0.2) is 11.0 Å². The maximum atomic E-state index is 12.7. The number of methoxy groups -OCH3 is 1. The van der Waals surface area contributed by atoms with Gasteiger partial charge in [0.2, 0.25) is 5.91 Å². The highest BCUT2D eigenvalue weighted by molar-refractivity contribution is 7.99. The number of ether oxygens (including phenoxy) is 1. The van der Waals surface area contributed by atoms with Crippen molar-refractivity contribution in [2.24, 2.45) is 0 Å². The molecule has 0 aliphatic rings. The van der Waals surface area contributed by atoms with Gasteiger partial charge in [0.05, 0.1) is 12.9 Å². The molecule has 1 atom stereocenters. The van der Waals surface area contributed by atoms with Gasteiger partial charge >= 0.3 is 0 Å². The fourth-order valence-corrected chi connectivity index (χ4v) is 4.22. The fourth-order valence-electron chi connectivity index (χ4n) is 3.47. The number of hydrogen-bond donors (Lipinski definition) is 1. The molecule has 7 nitrogen and oxygen atoms in total. The van der Waals surface area contributed by atoms with E-state index in [0.29, 0.717) is 16.9 Å². The molecule has 4 aromatic rings. The predicted molar refractivity (Wildman–Crippen MR) is 136 cm³/mol. The van der Waals surface area contributed by atoms with Gasteiger partial charge in [-0.3, -0.25) is 14.3 Å². The van der Waals surface area contributed by atoms with Crippen molar-refractivity contribution >= 4 is 23.4 Å². The zero-order valence-electron chi connectivity index (χ0n) is 19.4. The van der Waals surface area contributed by atoms with Crippen LogP contribution in [0.15, 0.2) is 78.2 Å². The molecule has 0 aliphatic heterocycles. The number of aromatic nitrogens is 4. The van der Waals surface area contributed by atoms with Gasteiger partial charge in [-0.15, -0.1) is 10.2 Å². The van der Waals surface area contributed by atoms with E-state index in [1.54, 1.807) is 19.5 Å². The van der Waals surface area contributed by atoms with Crippen molar-refractivity contribution in [3.8, 4) is 22.8 Å². The molecule has 0 aliphatic carbocycles. The van der Waals surface area contributed by atoms with E-state index in [9.17, 15) is 4.79 Å². The molecule has 34 heavy (non-hydrogen) atoms. The zero-order chi connectivity index (χ0) is 23.9. The van der Waals surface area contributed by atoms with Crippen molar-refractivity contribution in [2.45, 2.75) is 31.3 Å². The average molecular weight is 474 g/mol. The van der Waals surface area contributed by atoms with Gasteiger partial charge < -0.3 is 10.1 Å². The van der Waals surface area contributed by atoms with E-state index in [1.165, 1.54) is 17.3 Å². The van der Waals surface area contributed by atoms with Crippen molar-refractivity contribution in [3.05, 3.63) is 78.6 Å². The van der Waals surface area contributed by atoms with Crippen molar-refractivity contribution in [2.75, 3.05) is 18.2 Å². The van der Waals surface area contributed by atoms with Crippen LogP contribution in [0.4, 0.5) is 5.69 Å². The Morgan fingerprint density at radius 2 is 1.85 bits per heavy atom. The highest BCUT2D eigenvalue weighted by Crippen LogP contribution is 2.29. The van der Waals surface area contributed by atoms with E-state index >= 15 is 0 Å². The Morgan fingerprint density at radius 1 is 1.09 bits per heavy atom. The Balaban J connectivity index is 1.52. The van der Waals surface area contributed by atoms with Crippen LogP contribution in [0, 0.1) is 0 Å². The molecule has 2 heterocycles. The number of benzene rings is 2. The zero-order valence-corrected chi connectivity index (χ0v) is 20.2. The number of rotatable bonds is 9. The molecule has 2 aromatic heterocycles. The van der Waals surface area contributed by atoms with Crippen LogP contribution in [0.1, 0.15) is 31.7 Å². The summed E-state index contributed by atoms with van der Waals surface area (Å²) < 4.78 is 7.21. The number of anilines is 1. The Bertz CT molecular complexity index is 1220. The van der Waals surface area contributed by atoms with Crippen LogP contribution in [0.3, 0.4) is 0 Å². The average Bonchev–Trinajstić information content (AvgIpc) is 3.32. The number of nitrogens with one attached hydrogen (secondary N) is 1. The van der Waals surface area contributed by atoms with Gasteiger partial charge in [0, 0.05) is 29.3 Å². The van der Waals surface area contributed by atoms with Crippen molar-refractivity contribution < 1.29 is 9.53 Å². The third-order valence-electron chi connectivity index (χ3n) is 5.59. The first-order valence-electron chi connectivity index (χ1n) is 11.1. The lowest BCUT2D eigenvalue weighted by molar-refractivity contribution is -0.113. The third kappa shape index (κ3) is 5.46. The predicted octanol–water partition coefficient (Wildman–Crippen LogP) is 5.58. The van der Waals surface area contributed by atoms with Crippen LogP contribution in [-0.4, -0.2) is 38.5 Å². The summed E-state index contributed by atoms with van der Waals surface area (Å²) in [5.74, 6) is 2.01. The molecule has 0 saturated heterocycles. The van der Waals surface area contributed by atoms with E-state index < -0.39 is 0 Å². The summed E-state index contributed by atoms with van der Waals surface area (Å²) in [6.45, 7) is 4.37. The van der Waals surface area contributed by atoms with E-state index in [0.717, 1.165) is 29.1 Å². The number of nitrogens with zero attached hydrogens (tertiary/aromatic N) is 4. The second-order valence-electron chi connectivity index (χ2n) is 7.85. The van der Waals surface area contributed by atoms with Crippen LogP contribution in [0.2, 0.25) is 0 Å². The smallest absolute Gasteiger partial charge is 0.234 e. The van der Waals surface area contributed by atoms with Crippen LogP contribution in [-0.2, 0) is 4.79 Å². The lowest BCUT2D eigenvalue weighted by atomic mass is 9.99. The number of pyridine rings is 1. The highest BCUT2D eigenvalue weighted by atomic mass is 32.2. The van der Waals surface area contributed by atoms with Crippen LogP contribution in [0.25, 0.3) is 17.1 Å². The number of thioether (sulfide) groups is 1. The summed E-state index contributed by atoms with van der Waals surface area (Å²) >= 11 is 1.33. The van der Waals surface area contributed by atoms with Gasteiger partial charge in [-0.1, -0.05) is 37.7 Å². The van der Waals surface area contributed by atoms with E-state index in [1.807, 2.05) is 53.1 Å². The Morgan fingerprint density at radius 3 is 2.50 bits per heavy atom. The maximum Gasteiger partial charge on any atom is 0.234 e. The molecular formula is C26H27N5O2S. The minimum Gasteiger partial charge on any atom is -0.497 e. The van der Waals surface area contributed by atoms with Crippen LogP contribution in [0.5, 0.6) is 5.75 Å². The highest BCUT2D eigenvalue weighted by Gasteiger charge is 2.18. The molecule has 0 radical (unpaired) electrons. The van der Waals surface area contributed by atoms with Gasteiger partial charge in [-0.25, -0.2) is 0 Å². The van der Waals surface area contributed by atoms with Crippen LogP contribution < -0.4 is 10.1 Å². The second kappa shape index (κ2) is 11.0. The molecule has 0 saturated carbocycles. The lowest BCUT2D eigenvalue weighted by Crippen LogP contribution is -2.14. The molecule has 0 bridgehead atoms. The third-order valence-corrected chi connectivity index (χ3v) is 6.52. The van der Waals surface area contributed by atoms with Crippen molar-refractivity contribution in [3.63, 3.8) is 0 Å². The Labute approximate surface area is 203 Å². The standard InChI is InChI=1S/C26H27N5O2S/c1-4-18(2)19-7-9-21(10-8-19)28-24(32)17-34-26-30-29-25(20-6-5-15-27-16-20)31(26)22-11-13-23(33-3)14-12-22/h5-16,18H,4,17H2,1-3H3,(H,28,32). The molecule has 1 N–H and O–H groups in total. The number of carbonyl (C=O) groups is 1. The second-order valence-corrected chi connectivity index (χ2v) is 8.79. The van der Waals surface area contributed by atoms with E-state index in [2.05, 4.69) is 46.5 Å². The van der Waals surface area contributed by atoms with Gasteiger partial charge in [0.1, 0.15) is 5.75 Å². The summed E-state index contributed by atoms with van der Waals surface area (Å²) in [6.07, 6.45) is 4.54. The van der Waals surface area contributed by atoms with Gasteiger partial charge in [0.25, 0.3) is 0 Å². The molecule has 0 spiro atoms. The molecule has 1 unspecified atom stereocenters. The number of hydrogen-bond acceptors (Lipinski definition) is 6. The minimum absolute atomic E-state index is 0.103. The Kier molecular flexibility index (Phi) is 7.59. The normalized spacial score (nSPS) is 11.7. The first-order chi connectivity index (χ1) is 16.6. The number of amides is 1.